The number of nitrogens with one attached hydrogen (secondary N) is 1. The lowest BCUT2D eigenvalue weighted by atomic mass is 10.1. The van der Waals surface area contributed by atoms with Crippen LogP contribution in [0.3, 0.4) is 0 Å². The molecule has 19 heavy (non-hydrogen) atoms. The highest BCUT2D eigenvalue weighted by Gasteiger charge is 2.23. The van der Waals surface area contributed by atoms with Crippen LogP contribution in [-0.2, 0) is 0 Å². The zero-order valence-electron chi connectivity index (χ0n) is 10.8. The molecular weight excluding hydrogens is 253 g/mol. The minimum atomic E-state index is -0.870. The fourth-order valence-electron chi connectivity index (χ4n) is 1.53. The van der Waals surface area contributed by atoms with Crippen LogP contribution in [0.4, 0.5) is 15.8 Å². The van der Waals surface area contributed by atoms with Crippen molar-refractivity contribution < 1.29 is 14.1 Å². The molecule has 0 aromatic heterocycles. The summed E-state index contributed by atoms with van der Waals surface area (Å²) in [7, 11) is 0. The van der Waals surface area contributed by atoms with Gasteiger partial charge in [-0.2, -0.15) is 0 Å². The molecule has 0 saturated heterocycles. The number of carbonyl (C=O) groups excluding carboxylic acids is 1. The Kier molecular flexibility index (Phi) is 4.80. The number of hydrogen-bond donors (Lipinski definition) is 2. The third kappa shape index (κ3) is 3.64. The fraction of sp³-hybridized carbons (Fsp3) is 0.417. The van der Waals surface area contributed by atoms with E-state index < -0.39 is 33.6 Å². The number of nitrogen functional groups attached to an aromatic ring is 1. The largest absolute Gasteiger partial charge is 0.392 e. The Balaban J connectivity index is 2.96. The number of amides is 1. The Labute approximate surface area is 109 Å². The Morgan fingerprint density at radius 3 is 2.68 bits per heavy atom. The molecule has 7 heteroatoms. The van der Waals surface area contributed by atoms with Gasteiger partial charge in [0.15, 0.2) is 0 Å². The lowest BCUT2D eigenvalue weighted by molar-refractivity contribution is -0.384. The van der Waals surface area contributed by atoms with Crippen molar-refractivity contribution in [2.24, 2.45) is 5.92 Å². The van der Waals surface area contributed by atoms with Gasteiger partial charge in [-0.25, -0.2) is 4.39 Å². The molecule has 0 aliphatic rings. The first kappa shape index (κ1) is 14.9. The first-order valence-electron chi connectivity index (χ1n) is 5.85. The molecule has 6 nitrogen and oxygen atoms in total. The second-order valence-corrected chi connectivity index (χ2v) is 4.55. The summed E-state index contributed by atoms with van der Waals surface area (Å²) < 4.78 is 13.6. The van der Waals surface area contributed by atoms with Crippen LogP contribution in [0.5, 0.6) is 0 Å². The minimum Gasteiger partial charge on any atom is -0.392 e. The second kappa shape index (κ2) is 6.12. The van der Waals surface area contributed by atoms with Crippen LogP contribution in [0.15, 0.2) is 12.1 Å². The average molecular weight is 269 g/mol. The van der Waals surface area contributed by atoms with E-state index >= 15 is 0 Å². The van der Waals surface area contributed by atoms with Crippen molar-refractivity contribution in [3.63, 3.8) is 0 Å². The SMILES string of the molecule is CC(C)CCNC(=O)c1c(F)ccc([N+](=O)[O-])c1N. The van der Waals surface area contributed by atoms with Crippen molar-refractivity contribution in [2.75, 3.05) is 12.3 Å². The number of rotatable bonds is 5. The zero-order valence-corrected chi connectivity index (χ0v) is 10.8. The van der Waals surface area contributed by atoms with Crippen LogP contribution in [0.25, 0.3) is 0 Å². The lowest BCUT2D eigenvalue weighted by Crippen LogP contribution is -2.27. The maximum Gasteiger partial charge on any atom is 0.293 e. The van der Waals surface area contributed by atoms with Gasteiger partial charge >= 0.3 is 0 Å². The summed E-state index contributed by atoms with van der Waals surface area (Å²) in [5.41, 5.74) is 4.07. The molecule has 0 bridgehead atoms. The molecule has 0 unspecified atom stereocenters. The highest BCUT2D eigenvalue weighted by molar-refractivity contribution is 6.01. The van der Waals surface area contributed by atoms with E-state index in [2.05, 4.69) is 5.32 Å². The molecule has 0 saturated carbocycles. The molecule has 3 N–H and O–H groups in total. The molecule has 0 fully saturated rings. The molecule has 0 aliphatic carbocycles. The van der Waals surface area contributed by atoms with Gasteiger partial charge < -0.3 is 11.1 Å². The second-order valence-electron chi connectivity index (χ2n) is 4.55. The molecule has 0 atom stereocenters. The number of nitro groups is 1. The van der Waals surface area contributed by atoms with Gasteiger partial charge in [0, 0.05) is 12.6 Å². The molecule has 1 amide bonds. The van der Waals surface area contributed by atoms with Crippen LogP contribution in [0, 0.1) is 21.8 Å². The highest BCUT2D eigenvalue weighted by atomic mass is 19.1. The molecule has 0 spiro atoms. The van der Waals surface area contributed by atoms with E-state index in [1.807, 2.05) is 13.8 Å². The molecule has 0 radical (unpaired) electrons. The maximum absolute atomic E-state index is 13.6. The number of nitro benzene ring substituents is 1. The number of anilines is 1. The summed E-state index contributed by atoms with van der Waals surface area (Å²) >= 11 is 0. The van der Waals surface area contributed by atoms with Gasteiger partial charge in [-0.05, 0) is 18.4 Å². The van der Waals surface area contributed by atoms with Crippen LogP contribution in [-0.4, -0.2) is 17.4 Å². The zero-order chi connectivity index (χ0) is 14.6. The van der Waals surface area contributed by atoms with E-state index in [1.54, 1.807) is 0 Å². The van der Waals surface area contributed by atoms with Crippen molar-refractivity contribution >= 4 is 17.3 Å². The molecule has 104 valence electrons. The highest BCUT2D eigenvalue weighted by Crippen LogP contribution is 2.27. The third-order valence-electron chi connectivity index (χ3n) is 2.60. The Morgan fingerprint density at radius 1 is 1.53 bits per heavy atom. The summed E-state index contributed by atoms with van der Waals surface area (Å²) in [6.07, 6.45) is 0.724. The van der Waals surface area contributed by atoms with Crippen LogP contribution in [0.2, 0.25) is 0 Å². The van der Waals surface area contributed by atoms with E-state index in [1.165, 1.54) is 0 Å². The van der Waals surface area contributed by atoms with E-state index in [4.69, 9.17) is 5.73 Å². The summed E-state index contributed by atoms with van der Waals surface area (Å²) in [5.74, 6) is -1.22. The Morgan fingerprint density at radius 2 is 2.16 bits per heavy atom. The van der Waals surface area contributed by atoms with E-state index in [9.17, 15) is 19.3 Å². The van der Waals surface area contributed by atoms with Gasteiger partial charge in [0.1, 0.15) is 17.1 Å². The van der Waals surface area contributed by atoms with Gasteiger partial charge in [0.25, 0.3) is 11.6 Å². The monoisotopic (exact) mass is 269 g/mol. The quantitative estimate of drug-likeness (QED) is 0.485. The number of hydrogen-bond acceptors (Lipinski definition) is 4. The summed E-state index contributed by atoms with van der Waals surface area (Å²) in [6, 6.07) is 1.81. The Bertz CT molecular complexity index is 503. The number of halogens is 1. The first-order chi connectivity index (χ1) is 8.84. The molecule has 1 aromatic rings. The van der Waals surface area contributed by atoms with Gasteiger partial charge in [-0.15, -0.1) is 0 Å². The molecular formula is C12H16FN3O3. The first-order valence-corrected chi connectivity index (χ1v) is 5.85. The van der Waals surface area contributed by atoms with Crippen molar-refractivity contribution in [1.29, 1.82) is 0 Å². The predicted octanol–water partition coefficient (Wildman–Crippen LogP) is 2.09. The maximum atomic E-state index is 13.6. The number of nitrogens with two attached hydrogens (primary N) is 1. The van der Waals surface area contributed by atoms with Crippen LogP contribution < -0.4 is 11.1 Å². The van der Waals surface area contributed by atoms with Crippen molar-refractivity contribution in [3.05, 3.63) is 33.6 Å². The van der Waals surface area contributed by atoms with Gasteiger partial charge in [0.05, 0.1) is 4.92 Å². The molecule has 0 heterocycles. The summed E-state index contributed by atoms with van der Waals surface area (Å²) in [4.78, 5) is 21.7. The number of carbonyl (C=O) groups is 1. The van der Waals surface area contributed by atoms with Gasteiger partial charge in [-0.3, -0.25) is 14.9 Å². The lowest BCUT2D eigenvalue weighted by Gasteiger charge is -2.09. The topological polar surface area (TPSA) is 98.3 Å². The standard InChI is InChI=1S/C12H16FN3O3/c1-7(2)5-6-15-12(17)10-8(13)3-4-9(11(10)14)16(18)19/h3-4,7H,5-6,14H2,1-2H3,(H,15,17). The van der Waals surface area contributed by atoms with Gasteiger partial charge in [-0.1, -0.05) is 13.8 Å². The Hall–Kier alpha value is -2.18. The minimum absolute atomic E-state index is 0.359. The third-order valence-corrected chi connectivity index (χ3v) is 2.60. The van der Waals surface area contributed by atoms with Crippen molar-refractivity contribution in [1.82, 2.24) is 5.32 Å². The van der Waals surface area contributed by atoms with Crippen molar-refractivity contribution in [3.8, 4) is 0 Å². The number of benzene rings is 1. The van der Waals surface area contributed by atoms with E-state index in [-0.39, 0.29) is 0 Å². The molecule has 1 aromatic carbocycles. The fourth-order valence-corrected chi connectivity index (χ4v) is 1.53. The van der Waals surface area contributed by atoms with E-state index in [0.717, 1.165) is 18.6 Å². The number of nitrogens with zero attached hydrogens (tertiary/aromatic N) is 1. The van der Waals surface area contributed by atoms with Crippen molar-refractivity contribution in [2.45, 2.75) is 20.3 Å². The summed E-state index contributed by atoms with van der Waals surface area (Å²) in [6.45, 7) is 4.32. The van der Waals surface area contributed by atoms with Crippen LogP contribution in [0.1, 0.15) is 30.6 Å². The smallest absolute Gasteiger partial charge is 0.293 e. The van der Waals surface area contributed by atoms with E-state index in [0.29, 0.717) is 12.5 Å². The molecule has 0 aliphatic heterocycles. The normalized spacial score (nSPS) is 10.5. The van der Waals surface area contributed by atoms with Gasteiger partial charge in [0.2, 0.25) is 0 Å². The predicted molar refractivity (Wildman–Crippen MR) is 69.3 cm³/mol. The molecule has 1 rings (SSSR count). The van der Waals surface area contributed by atoms with Crippen LogP contribution >= 0.6 is 0 Å². The summed E-state index contributed by atoms with van der Waals surface area (Å²) in [5, 5.41) is 13.2. The average Bonchev–Trinajstić information content (AvgIpc) is 2.27.